The quantitative estimate of drug-likeness (QED) is 0.137. The summed E-state index contributed by atoms with van der Waals surface area (Å²) in [5.74, 6) is 0.279. The first-order valence-electron chi connectivity index (χ1n) is 11.6. The maximum Gasteiger partial charge on any atom is 0.188 e. The van der Waals surface area contributed by atoms with Crippen LogP contribution >= 0.6 is 12.2 Å². The first kappa shape index (κ1) is 27.1. The molecule has 27 heavy (non-hydrogen) atoms. The molecule has 0 bridgehead atoms. The highest BCUT2D eigenvalue weighted by Gasteiger charge is 2.39. The molecule has 0 fully saturated rings. The highest BCUT2D eigenvalue weighted by molar-refractivity contribution is 7.80. The van der Waals surface area contributed by atoms with Crippen molar-refractivity contribution < 1.29 is 4.80 Å². The van der Waals surface area contributed by atoms with E-state index in [1.54, 1.807) is 0 Å². The minimum Gasteiger partial charge on any atom is -0.432 e. The standard InChI is InChI=1S/C23H49NOSSi/c1-6-7-8-9-10-11-12-13-14-15-16-17-18-19-21(22(24)26)20-23(2,3)27(4,5)25/h21,25H,6-20H2,1-5H3,(H2,24,26). The first-order valence-corrected chi connectivity index (χ1v) is 15.0. The Morgan fingerprint density at radius 1 is 0.852 bits per heavy atom. The summed E-state index contributed by atoms with van der Waals surface area (Å²) in [6.07, 6.45) is 19.9. The molecule has 0 saturated carbocycles. The van der Waals surface area contributed by atoms with Crippen LogP contribution in [-0.2, 0) is 0 Å². The Morgan fingerprint density at radius 3 is 1.56 bits per heavy atom. The number of nitrogens with two attached hydrogens (primary N) is 1. The van der Waals surface area contributed by atoms with Crippen molar-refractivity contribution in [3.8, 4) is 0 Å². The van der Waals surface area contributed by atoms with Crippen LogP contribution < -0.4 is 5.73 Å². The van der Waals surface area contributed by atoms with Gasteiger partial charge in [-0.05, 0) is 31.0 Å². The van der Waals surface area contributed by atoms with Gasteiger partial charge in [-0.25, -0.2) is 0 Å². The van der Waals surface area contributed by atoms with Crippen LogP contribution in [0.3, 0.4) is 0 Å². The summed E-state index contributed by atoms with van der Waals surface area (Å²) < 4.78 is 0. The van der Waals surface area contributed by atoms with E-state index in [1.165, 1.54) is 83.5 Å². The lowest BCUT2D eigenvalue weighted by Gasteiger charge is -2.37. The van der Waals surface area contributed by atoms with Crippen LogP contribution in [-0.4, -0.2) is 18.1 Å². The van der Waals surface area contributed by atoms with E-state index in [4.69, 9.17) is 18.0 Å². The average molecular weight is 416 g/mol. The van der Waals surface area contributed by atoms with Crippen LogP contribution in [0.15, 0.2) is 0 Å². The number of thiocarbonyl (C=S) groups is 1. The van der Waals surface area contributed by atoms with Gasteiger partial charge < -0.3 is 10.5 Å². The predicted octanol–water partition coefficient (Wildman–Crippen LogP) is 7.74. The minimum atomic E-state index is -2.19. The molecule has 0 aliphatic rings. The Balaban J connectivity index is 3.73. The summed E-state index contributed by atoms with van der Waals surface area (Å²) in [4.78, 5) is 11.2. The molecule has 0 amide bonds. The summed E-state index contributed by atoms with van der Waals surface area (Å²) in [5, 5.41) is -0.0440. The van der Waals surface area contributed by atoms with Gasteiger partial charge in [-0.15, -0.1) is 0 Å². The van der Waals surface area contributed by atoms with E-state index in [0.717, 1.165) is 12.8 Å². The normalized spacial score (nSPS) is 13.7. The molecule has 162 valence electrons. The number of rotatable bonds is 18. The van der Waals surface area contributed by atoms with E-state index in [2.05, 4.69) is 20.8 Å². The van der Waals surface area contributed by atoms with Crippen molar-refractivity contribution in [1.82, 2.24) is 0 Å². The third-order valence-electron chi connectivity index (χ3n) is 6.47. The number of hydrogen-bond donors (Lipinski definition) is 2. The molecular formula is C23H49NOSSi. The van der Waals surface area contributed by atoms with Crippen molar-refractivity contribution in [3.63, 3.8) is 0 Å². The highest BCUT2D eigenvalue weighted by Crippen LogP contribution is 2.42. The van der Waals surface area contributed by atoms with Crippen molar-refractivity contribution in [2.75, 3.05) is 0 Å². The van der Waals surface area contributed by atoms with Crippen LogP contribution in [0.25, 0.3) is 0 Å². The van der Waals surface area contributed by atoms with E-state index < -0.39 is 8.32 Å². The molecule has 1 unspecified atom stereocenters. The average Bonchev–Trinajstić information content (AvgIpc) is 2.56. The lowest BCUT2D eigenvalue weighted by Crippen LogP contribution is -2.41. The third kappa shape index (κ3) is 13.8. The van der Waals surface area contributed by atoms with Crippen molar-refractivity contribution in [2.24, 2.45) is 11.7 Å². The van der Waals surface area contributed by atoms with Crippen LogP contribution in [0.5, 0.6) is 0 Å². The highest BCUT2D eigenvalue weighted by atomic mass is 32.1. The van der Waals surface area contributed by atoms with Crippen LogP contribution in [0, 0.1) is 5.92 Å². The van der Waals surface area contributed by atoms with E-state index >= 15 is 0 Å². The largest absolute Gasteiger partial charge is 0.432 e. The molecule has 4 heteroatoms. The van der Waals surface area contributed by atoms with Gasteiger partial charge in [-0.3, -0.25) is 0 Å². The van der Waals surface area contributed by atoms with Crippen molar-refractivity contribution in [2.45, 2.75) is 135 Å². The molecule has 2 nitrogen and oxygen atoms in total. The maximum atomic E-state index is 10.5. The van der Waals surface area contributed by atoms with Crippen molar-refractivity contribution >= 4 is 25.5 Å². The lowest BCUT2D eigenvalue weighted by molar-refractivity contribution is 0.402. The fourth-order valence-electron chi connectivity index (χ4n) is 3.62. The molecule has 0 aromatic heterocycles. The smallest absolute Gasteiger partial charge is 0.188 e. The van der Waals surface area contributed by atoms with E-state index in [1.807, 2.05) is 13.1 Å². The van der Waals surface area contributed by atoms with E-state index in [-0.39, 0.29) is 11.0 Å². The molecular weight excluding hydrogens is 366 g/mol. The Hall–Kier alpha value is 0.0669. The molecule has 0 aliphatic carbocycles. The Morgan fingerprint density at radius 2 is 1.22 bits per heavy atom. The fraction of sp³-hybridized carbons (Fsp3) is 0.957. The summed E-state index contributed by atoms with van der Waals surface area (Å²) in [6.45, 7) is 10.7. The Bertz CT molecular complexity index is 379. The number of unbranched alkanes of at least 4 members (excludes halogenated alkanes) is 12. The Kier molecular flexibility index (Phi) is 15.0. The SMILES string of the molecule is CCCCCCCCCCCCCCCC(CC(C)(C)[Si](C)(C)O)C(N)=S. The topological polar surface area (TPSA) is 46.2 Å². The molecule has 0 heterocycles. The second-order valence-electron chi connectivity index (χ2n) is 9.78. The zero-order chi connectivity index (χ0) is 20.8. The van der Waals surface area contributed by atoms with E-state index in [0.29, 0.717) is 4.99 Å². The van der Waals surface area contributed by atoms with Gasteiger partial charge in [0, 0.05) is 5.92 Å². The maximum absolute atomic E-state index is 10.5. The van der Waals surface area contributed by atoms with Crippen molar-refractivity contribution in [1.29, 1.82) is 0 Å². The molecule has 0 saturated heterocycles. The monoisotopic (exact) mass is 415 g/mol. The second kappa shape index (κ2) is 15.0. The molecule has 1 atom stereocenters. The first-order chi connectivity index (χ1) is 12.6. The summed E-state index contributed by atoms with van der Waals surface area (Å²) in [5.41, 5.74) is 6.00. The molecule has 0 spiro atoms. The number of hydrogen-bond acceptors (Lipinski definition) is 2. The summed E-state index contributed by atoms with van der Waals surface area (Å²) in [6, 6.07) is 0. The van der Waals surface area contributed by atoms with Crippen LogP contribution in [0.4, 0.5) is 0 Å². The van der Waals surface area contributed by atoms with Gasteiger partial charge >= 0.3 is 0 Å². The van der Waals surface area contributed by atoms with Gasteiger partial charge in [-0.1, -0.05) is 116 Å². The zero-order valence-electron chi connectivity index (χ0n) is 19.1. The van der Waals surface area contributed by atoms with Crippen LogP contribution in [0.1, 0.15) is 117 Å². The van der Waals surface area contributed by atoms with Gasteiger partial charge in [0.1, 0.15) is 0 Å². The molecule has 0 aromatic rings. The summed E-state index contributed by atoms with van der Waals surface area (Å²) in [7, 11) is -2.19. The van der Waals surface area contributed by atoms with Gasteiger partial charge in [0.25, 0.3) is 0 Å². The molecule has 0 aromatic carbocycles. The minimum absolute atomic E-state index is 0.0440. The molecule has 3 N–H and O–H groups in total. The molecule has 0 aliphatic heterocycles. The third-order valence-corrected chi connectivity index (χ3v) is 10.3. The van der Waals surface area contributed by atoms with Gasteiger partial charge in [0.05, 0.1) is 4.99 Å². The summed E-state index contributed by atoms with van der Waals surface area (Å²) >= 11 is 5.31. The van der Waals surface area contributed by atoms with Crippen LogP contribution in [0.2, 0.25) is 18.1 Å². The van der Waals surface area contributed by atoms with E-state index in [9.17, 15) is 4.80 Å². The van der Waals surface area contributed by atoms with Gasteiger partial charge in [-0.2, -0.15) is 0 Å². The second-order valence-corrected chi connectivity index (χ2v) is 14.7. The van der Waals surface area contributed by atoms with Crippen molar-refractivity contribution in [3.05, 3.63) is 0 Å². The molecule has 0 radical (unpaired) electrons. The van der Waals surface area contributed by atoms with Gasteiger partial charge in [0.15, 0.2) is 8.32 Å². The molecule has 0 rings (SSSR count). The Labute approximate surface area is 177 Å². The fourth-order valence-corrected chi connectivity index (χ4v) is 4.57. The predicted molar refractivity (Wildman–Crippen MR) is 129 cm³/mol. The lowest BCUT2D eigenvalue weighted by atomic mass is 9.91. The zero-order valence-corrected chi connectivity index (χ0v) is 20.9. The van der Waals surface area contributed by atoms with Gasteiger partial charge in [0.2, 0.25) is 0 Å².